The molecular formula is C11H14N4O. The zero-order chi connectivity index (χ0) is 11.5. The average molecular weight is 218 g/mol. The first-order valence-electron chi connectivity index (χ1n) is 5.40. The molecule has 0 N–H and O–H groups in total. The van der Waals surface area contributed by atoms with Gasteiger partial charge in [-0.3, -0.25) is 4.79 Å². The maximum Gasteiger partial charge on any atom is 0.254 e. The zero-order valence-corrected chi connectivity index (χ0v) is 9.47. The van der Waals surface area contributed by atoms with Crippen LogP contribution in [0, 0.1) is 6.92 Å². The molecule has 0 spiro atoms. The Balaban J connectivity index is 2.21. The van der Waals surface area contributed by atoms with E-state index in [0.717, 1.165) is 24.2 Å². The van der Waals surface area contributed by atoms with E-state index in [9.17, 15) is 4.79 Å². The van der Waals surface area contributed by atoms with Gasteiger partial charge in [0.25, 0.3) is 5.91 Å². The zero-order valence-electron chi connectivity index (χ0n) is 9.47. The summed E-state index contributed by atoms with van der Waals surface area (Å²) in [6.07, 6.45) is 2.27. The molecule has 16 heavy (non-hydrogen) atoms. The van der Waals surface area contributed by atoms with E-state index in [2.05, 4.69) is 22.2 Å². The van der Waals surface area contributed by atoms with Crippen molar-refractivity contribution in [2.24, 2.45) is 5.10 Å². The maximum absolute atomic E-state index is 11.7. The second-order valence-electron chi connectivity index (χ2n) is 3.83. The molecule has 0 unspecified atom stereocenters. The third kappa shape index (κ3) is 2.08. The van der Waals surface area contributed by atoms with Crippen LogP contribution in [0.5, 0.6) is 0 Å². The van der Waals surface area contributed by atoms with Crippen LogP contribution in [-0.4, -0.2) is 21.8 Å². The fraction of sp³-hybridized carbons (Fsp3) is 0.455. The molecule has 0 aromatic carbocycles. The number of hydrogen-bond acceptors (Lipinski definition) is 4. The smallest absolute Gasteiger partial charge is 0.254 e. The summed E-state index contributed by atoms with van der Waals surface area (Å²) in [5.41, 5.74) is 1.75. The molecule has 5 heteroatoms. The van der Waals surface area contributed by atoms with Gasteiger partial charge in [0.2, 0.25) is 0 Å². The Labute approximate surface area is 94.2 Å². The Hall–Kier alpha value is -1.78. The highest BCUT2D eigenvalue weighted by Crippen LogP contribution is 2.18. The minimum atomic E-state index is -0.0263. The molecule has 0 radical (unpaired) electrons. The number of aryl methyl sites for hydroxylation is 1. The molecule has 1 aromatic rings. The van der Waals surface area contributed by atoms with Crippen molar-refractivity contribution >= 4 is 17.4 Å². The van der Waals surface area contributed by atoms with Gasteiger partial charge < -0.3 is 0 Å². The third-order valence-corrected chi connectivity index (χ3v) is 2.37. The van der Waals surface area contributed by atoms with Crippen LogP contribution >= 0.6 is 0 Å². The number of anilines is 1. The Morgan fingerprint density at radius 1 is 1.38 bits per heavy atom. The van der Waals surface area contributed by atoms with Crippen molar-refractivity contribution in [3.05, 3.63) is 17.8 Å². The van der Waals surface area contributed by atoms with E-state index >= 15 is 0 Å². The molecule has 1 aliphatic heterocycles. The molecular weight excluding hydrogens is 204 g/mol. The first-order chi connectivity index (χ1) is 7.70. The summed E-state index contributed by atoms with van der Waals surface area (Å²) >= 11 is 0. The van der Waals surface area contributed by atoms with Crippen LogP contribution in [0.3, 0.4) is 0 Å². The molecule has 2 rings (SSSR count). The summed E-state index contributed by atoms with van der Waals surface area (Å²) in [6, 6.07) is 3.58. The van der Waals surface area contributed by atoms with Crippen molar-refractivity contribution in [2.45, 2.75) is 33.1 Å². The van der Waals surface area contributed by atoms with Crippen molar-refractivity contribution in [2.75, 3.05) is 5.01 Å². The number of nitrogens with zero attached hydrogens (tertiary/aromatic N) is 4. The summed E-state index contributed by atoms with van der Waals surface area (Å²) in [6.45, 7) is 3.93. The number of carbonyl (C=O) groups excluding carboxylic acids is 1. The predicted octanol–water partition coefficient (Wildman–Crippen LogP) is 1.68. The van der Waals surface area contributed by atoms with E-state index in [-0.39, 0.29) is 5.91 Å². The van der Waals surface area contributed by atoms with Crippen molar-refractivity contribution in [1.29, 1.82) is 0 Å². The molecule has 5 nitrogen and oxygen atoms in total. The van der Waals surface area contributed by atoms with E-state index in [4.69, 9.17) is 0 Å². The topological polar surface area (TPSA) is 58.5 Å². The molecule has 1 aromatic heterocycles. The Bertz CT molecular complexity index is 424. The summed E-state index contributed by atoms with van der Waals surface area (Å²) in [4.78, 5) is 11.7. The lowest BCUT2D eigenvalue weighted by Crippen LogP contribution is -2.21. The van der Waals surface area contributed by atoms with Gasteiger partial charge in [0, 0.05) is 5.71 Å². The van der Waals surface area contributed by atoms with Crippen LogP contribution in [0.25, 0.3) is 0 Å². The number of hydrogen-bond donors (Lipinski definition) is 0. The third-order valence-electron chi connectivity index (χ3n) is 2.37. The highest BCUT2D eigenvalue weighted by molar-refractivity contribution is 6.12. The summed E-state index contributed by atoms with van der Waals surface area (Å²) in [5, 5.41) is 13.5. The van der Waals surface area contributed by atoms with E-state index in [1.807, 2.05) is 13.0 Å². The first kappa shape index (κ1) is 10.7. The normalized spacial score (nSPS) is 15.5. The molecule has 0 atom stereocenters. The minimum absolute atomic E-state index is 0.0263. The van der Waals surface area contributed by atoms with Crippen LogP contribution in [-0.2, 0) is 4.79 Å². The van der Waals surface area contributed by atoms with Gasteiger partial charge in [0.15, 0.2) is 5.82 Å². The summed E-state index contributed by atoms with van der Waals surface area (Å²) < 4.78 is 0. The van der Waals surface area contributed by atoms with Gasteiger partial charge in [-0.05, 0) is 25.5 Å². The highest BCUT2D eigenvalue weighted by atomic mass is 16.2. The van der Waals surface area contributed by atoms with Crippen LogP contribution in [0.15, 0.2) is 17.2 Å². The average Bonchev–Trinajstić information content (AvgIpc) is 2.61. The highest BCUT2D eigenvalue weighted by Gasteiger charge is 2.25. The van der Waals surface area contributed by atoms with Gasteiger partial charge in [0.05, 0.1) is 12.1 Å². The second kappa shape index (κ2) is 4.38. The number of rotatable bonds is 3. The minimum Gasteiger partial charge on any atom is -0.272 e. The van der Waals surface area contributed by atoms with Crippen LogP contribution in [0.2, 0.25) is 0 Å². The second-order valence-corrected chi connectivity index (χ2v) is 3.83. The Morgan fingerprint density at radius 3 is 2.81 bits per heavy atom. The monoisotopic (exact) mass is 218 g/mol. The van der Waals surface area contributed by atoms with Gasteiger partial charge in [-0.1, -0.05) is 13.3 Å². The van der Waals surface area contributed by atoms with Crippen molar-refractivity contribution < 1.29 is 4.79 Å². The van der Waals surface area contributed by atoms with E-state index in [1.54, 1.807) is 6.07 Å². The van der Waals surface area contributed by atoms with Gasteiger partial charge in [-0.25, -0.2) is 0 Å². The first-order valence-corrected chi connectivity index (χ1v) is 5.40. The number of carbonyl (C=O) groups is 1. The van der Waals surface area contributed by atoms with Crippen LogP contribution in [0.4, 0.5) is 5.82 Å². The number of hydrazone groups is 1. The Kier molecular flexibility index (Phi) is 2.94. The molecule has 0 saturated carbocycles. The molecule has 1 aliphatic rings. The molecule has 2 heterocycles. The van der Waals surface area contributed by atoms with Gasteiger partial charge in [-0.2, -0.15) is 15.2 Å². The fourth-order valence-electron chi connectivity index (χ4n) is 1.59. The standard InChI is InChI=1S/C11H14N4O/c1-3-4-9-7-11(16)15(14-9)10-6-5-8(2)12-13-10/h5-6H,3-4,7H2,1-2H3. The molecule has 0 aliphatic carbocycles. The number of aromatic nitrogens is 2. The molecule has 1 amide bonds. The molecule has 0 saturated heterocycles. The maximum atomic E-state index is 11.7. The largest absolute Gasteiger partial charge is 0.272 e. The van der Waals surface area contributed by atoms with Gasteiger partial charge in [0.1, 0.15) is 0 Å². The van der Waals surface area contributed by atoms with Crippen LogP contribution < -0.4 is 5.01 Å². The van der Waals surface area contributed by atoms with E-state index < -0.39 is 0 Å². The van der Waals surface area contributed by atoms with E-state index in [0.29, 0.717) is 12.2 Å². The quantitative estimate of drug-likeness (QED) is 0.775. The molecule has 0 fully saturated rings. The van der Waals surface area contributed by atoms with Crippen molar-refractivity contribution in [3.63, 3.8) is 0 Å². The van der Waals surface area contributed by atoms with Crippen molar-refractivity contribution in [1.82, 2.24) is 10.2 Å². The summed E-state index contributed by atoms with van der Waals surface area (Å²) in [7, 11) is 0. The molecule has 0 bridgehead atoms. The predicted molar refractivity (Wildman–Crippen MR) is 61.2 cm³/mol. The van der Waals surface area contributed by atoms with E-state index in [1.165, 1.54) is 5.01 Å². The van der Waals surface area contributed by atoms with Crippen molar-refractivity contribution in [3.8, 4) is 0 Å². The van der Waals surface area contributed by atoms with Crippen LogP contribution in [0.1, 0.15) is 31.9 Å². The lowest BCUT2D eigenvalue weighted by atomic mass is 10.2. The lowest BCUT2D eigenvalue weighted by Gasteiger charge is -2.08. The summed E-state index contributed by atoms with van der Waals surface area (Å²) in [5.74, 6) is 0.475. The fourth-order valence-corrected chi connectivity index (χ4v) is 1.59. The molecule has 84 valence electrons. The number of amides is 1. The van der Waals surface area contributed by atoms with Gasteiger partial charge >= 0.3 is 0 Å². The Morgan fingerprint density at radius 2 is 2.19 bits per heavy atom. The SMILES string of the molecule is CCCC1=NN(c2ccc(C)nn2)C(=O)C1. The lowest BCUT2D eigenvalue weighted by molar-refractivity contribution is -0.116. The van der Waals surface area contributed by atoms with Gasteiger partial charge in [-0.15, -0.1) is 5.10 Å².